The molecular weight excluding hydrogens is 242 g/mol. The highest BCUT2D eigenvalue weighted by Gasteiger charge is 2.02. The largest absolute Gasteiger partial charge is 0.370 e. The lowest BCUT2D eigenvalue weighted by Crippen LogP contribution is -2.08. The van der Waals surface area contributed by atoms with Gasteiger partial charge in [0.15, 0.2) is 0 Å². The van der Waals surface area contributed by atoms with E-state index in [1.807, 2.05) is 26.0 Å². The van der Waals surface area contributed by atoms with Gasteiger partial charge in [0.05, 0.1) is 12.2 Å². The molecule has 0 saturated carbocycles. The van der Waals surface area contributed by atoms with Crippen molar-refractivity contribution in [2.75, 3.05) is 22.9 Å². The Morgan fingerprint density at radius 1 is 1.16 bits per heavy atom. The average Bonchev–Trinajstić information content (AvgIpc) is 2.36. The highest BCUT2D eigenvalue weighted by atomic mass is 15.1. The maximum atomic E-state index is 5.65. The average molecular weight is 259 g/mol. The third-order valence-electron chi connectivity index (χ3n) is 2.39. The summed E-state index contributed by atoms with van der Waals surface area (Å²) in [5.74, 6) is 2.35. The quantitative estimate of drug-likeness (QED) is 0.741. The van der Waals surface area contributed by atoms with Crippen molar-refractivity contribution in [1.29, 1.82) is 0 Å². The van der Waals surface area contributed by atoms with Gasteiger partial charge in [-0.05, 0) is 19.9 Å². The molecular formula is C12H17N7. The van der Waals surface area contributed by atoms with E-state index in [0.29, 0.717) is 18.2 Å². The molecule has 0 unspecified atom stereocenters. The first-order valence-corrected chi connectivity index (χ1v) is 6.08. The van der Waals surface area contributed by atoms with Crippen LogP contribution < -0.4 is 16.4 Å². The molecule has 0 atom stereocenters. The van der Waals surface area contributed by atoms with Gasteiger partial charge in [-0.3, -0.25) is 0 Å². The van der Waals surface area contributed by atoms with Crippen molar-refractivity contribution in [2.24, 2.45) is 0 Å². The Kier molecular flexibility index (Phi) is 4.07. The fourth-order valence-electron chi connectivity index (χ4n) is 1.61. The number of anilines is 3. The van der Waals surface area contributed by atoms with Crippen LogP contribution in [0.15, 0.2) is 18.3 Å². The van der Waals surface area contributed by atoms with Gasteiger partial charge < -0.3 is 16.4 Å². The van der Waals surface area contributed by atoms with E-state index in [1.165, 1.54) is 0 Å². The van der Waals surface area contributed by atoms with E-state index in [4.69, 9.17) is 5.73 Å². The van der Waals surface area contributed by atoms with Crippen molar-refractivity contribution in [3.05, 3.63) is 29.8 Å². The molecule has 2 rings (SSSR count). The van der Waals surface area contributed by atoms with Crippen LogP contribution in [0.1, 0.15) is 18.4 Å². The maximum absolute atomic E-state index is 5.65. The summed E-state index contributed by atoms with van der Waals surface area (Å²) in [7, 11) is 0. The van der Waals surface area contributed by atoms with Crippen LogP contribution in [0.4, 0.5) is 17.6 Å². The Morgan fingerprint density at radius 3 is 2.58 bits per heavy atom. The third kappa shape index (κ3) is 3.77. The molecule has 0 aliphatic rings. The number of hydrogen-bond acceptors (Lipinski definition) is 7. The Hall–Kier alpha value is -2.44. The van der Waals surface area contributed by atoms with Crippen LogP contribution in [0.2, 0.25) is 0 Å². The molecule has 0 spiro atoms. The predicted octanol–water partition coefficient (Wildman–Crippen LogP) is 1.20. The van der Waals surface area contributed by atoms with Gasteiger partial charge in [0.2, 0.25) is 5.95 Å². The second-order valence-electron chi connectivity index (χ2n) is 3.98. The van der Waals surface area contributed by atoms with Crippen molar-refractivity contribution < 1.29 is 0 Å². The number of nitrogens with one attached hydrogen (secondary N) is 2. The van der Waals surface area contributed by atoms with Gasteiger partial charge in [-0.25, -0.2) is 9.97 Å². The molecule has 0 aromatic carbocycles. The van der Waals surface area contributed by atoms with Crippen molar-refractivity contribution in [1.82, 2.24) is 19.9 Å². The van der Waals surface area contributed by atoms with Crippen molar-refractivity contribution >= 4 is 17.6 Å². The van der Waals surface area contributed by atoms with Crippen molar-refractivity contribution in [2.45, 2.75) is 20.4 Å². The summed E-state index contributed by atoms with van der Waals surface area (Å²) in [5, 5.41) is 6.27. The number of nitrogens with two attached hydrogens (primary N) is 1. The van der Waals surface area contributed by atoms with Crippen molar-refractivity contribution in [3.63, 3.8) is 0 Å². The first-order chi connectivity index (χ1) is 9.17. The zero-order chi connectivity index (χ0) is 13.7. The summed E-state index contributed by atoms with van der Waals surface area (Å²) >= 11 is 0. The van der Waals surface area contributed by atoms with Gasteiger partial charge in [-0.1, -0.05) is 0 Å². The number of rotatable bonds is 5. The molecule has 7 nitrogen and oxygen atoms in total. The number of nitrogens with zero attached hydrogens (tertiary/aromatic N) is 4. The highest BCUT2D eigenvalue weighted by Crippen LogP contribution is 2.13. The van der Waals surface area contributed by atoms with Crippen LogP contribution in [0.25, 0.3) is 0 Å². The van der Waals surface area contributed by atoms with E-state index in [9.17, 15) is 0 Å². The van der Waals surface area contributed by atoms with E-state index in [0.717, 1.165) is 18.1 Å². The van der Waals surface area contributed by atoms with Crippen LogP contribution >= 0.6 is 0 Å². The van der Waals surface area contributed by atoms with E-state index in [1.54, 1.807) is 6.20 Å². The van der Waals surface area contributed by atoms with Gasteiger partial charge in [-0.15, -0.1) is 0 Å². The molecule has 0 bridgehead atoms. The standard InChI is InChI=1S/C12H17N7/c1-3-14-10-6-11(19-12(13)18-10)16-7-9-4-5-15-8(2)17-9/h4-6H,3,7H2,1-2H3,(H4,13,14,16,18,19). The molecule has 2 aromatic rings. The van der Waals surface area contributed by atoms with Gasteiger partial charge in [0.1, 0.15) is 17.5 Å². The number of aromatic nitrogens is 4. The second kappa shape index (κ2) is 5.94. The smallest absolute Gasteiger partial charge is 0.223 e. The number of aryl methyl sites for hydroxylation is 1. The van der Waals surface area contributed by atoms with Crippen LogP contribution in [-0.2, 0) is 6.54 Å². The Bertz CT molecular complexity index is 556. The van der Waals surface area contributed by atoms with Crippen LogP contribution in [0.5, 0.6) is 0 Å². The summed E-state index contributed by atoms with van der Waals surface area (Å²) in [6.45, 7) is 5.19. The SMILES string of the molecule is CCNc1cc(NCc2ccnc(C)n2)nc(N)n1. The van der Waals surface area contributed by atoms with Gasteiger partial charge in [0, 0.05) is 18.8 Å². The van der Waals surface area contributed by atoms with Crippen LogP contribution in [0.3, 0.4) is 0 Å². The summed E-state index contributed by atoms with van der Waals surface area (Å²) in [6.07, 6.45) is 1.73. The lowest BCUT2D eigenvalue weighted by atomic mass is 10.4. The molecule has 7 heteroatoms. The predicted molar refractivity (Wildman–Crippen MR) is 74.7 cm³/mol. The zero-order valence-corrected chi connectivity index (χ0v) is 11.0. The lowest BCUT2D eigenvalue weighted by Gasteiger charge is -2.08. The monoisotopic (exact) mass is 259 g/mol. The molecule has 0 fully saturated rings. The summed E-state index contributed by atoms with van der Waals surface area (Å²) in [6, 6.07) is 3.67. The zero-order valence-electron chi connectivity index (χ0n) is 11.0. The normalized spacial score (nSPS) is 10.2. The Morgan fingerprint density at radius 2 is 1.89 bits per heavy atom. The molecule has 2 aromatic heterocycles. The molecule has 19 heavy (non-hydrogen) atoms. The highest BCUT2D eigenvalue weighted by molar-refractivity contribution is 5.50. The summed E-state index contributed by atoms with van der Waals surface area (Å²) < 4.78 is 0. The second-order valence-corrected chi connectivity index (χ2v) is 3.98. The molecule has 0 amide bonds. The topological polar surface area (TPSA) is 102 Å². The fourth-order valence-corrected chi connectivity index (χ4v) is 1.61. The van der Waals surface area contributed by atoms with E-state index in [-0.39, 0.29) is 5.95 Å². The minimum Gasteiger partial charge on any atom is -0.370 e. The molecule has 0 aliphatic heterocycles. The molecule has 0 saturated heterocycles. The molecule has 0 aliphatic carbocycles. The summed E-state index contributed by atoms with van der Waals surface area (Å²) in [4.78, 5) is 16.6. The molecule has 2 heterocycles. The summed E-state index contributed by atoms with van der Waals surface area (Å²) in [5.41, 5.74) is 6.55. The van der Waals surface area contributed by atoms with E-state index in [2.05, 4.69) is 30.6 Å². The van der Waals surface area contributed by atoms with Crippen molar-refractivity contribution in [3.8, 4) is 0 Å². The van der Waals surface area contributed by atoms with Gasteiger partial charge in [-0.2, -0.15) is 9.97 Å². The number of hydrogen-bond donors (Lipinski definition) is 3. The number of nitrogen functional groups attached to an aromatic ring is 1. The first-order valence-electron chi connectivity index (χ1n) is 6.08. The molecule has 100 valence electrons. The fraction of sp³-hybridized carbons (Fsp3) is 0.333. The van der Waals surface area contributed by atoms with E-state index < -0.39 is 0 Å². The molecule has 4 N–H and O–H groups in total. The first kappa shape index (κ1) is 13.0. The van der Waals surface area contributed by atoms with Crippen LogP contribution in [-0.4, -0.2) is 26.5 Å². The minimum atomic E-state index is 0.236. The third-order valence-corrected chi connectivity index (χ3v) is 2.39. The van der Waals surface area contributed by atoms with Gasteiger partial charge >= 0.3 is 0 Å². The Balaban J connectivity index is 2.06. The van der Waals surface area contributed by atoms with E-state index >= 15 is 0 Å². The minimum absolute atomic E-state index is 0.236. The maximum Gasteiger partial charge on any atom is 0.223 e. The molecule has 0 radical (unpaired) electrons. The lowest BCUT2D eigenvalue weighted by molar-refractivity contribution is 0.948. The van der Waals surface area contributed by atoms with Gasteiger partial charge in [0.25, 0.3) is 0 Å². The Labute approximate surface area is 111 Å². The van der Waals surface area contributed by atoms with Crippen LogP contribution in [0, 0.1) is 6.92 Å².